The van der Waals surface area contributed by atoms with Gasteiger partial charge in [-0.1, -0.05) is 133 Å². The summed E-state index contributed by atoms with van der Waals surface area (Å²) in [6.45, 7) is 0. The van der Waals surface area contributed by atoms with Gasteiger partial charge in [-0.15, -0.1) is 0 Å². The first-order chi connectivity index (χ1) is 22.3. The summed E-state index contributed by atoms with van der Waals surface area (Å²) in [6.07, 6.45) is 0. The van der Waals surface area contributed by atoms with Crippen molar-refractivity contribution in [1.82, 2.24) is 15.0 Å². The Balaban J connectivity index is 1.33. The zero-order valence-corrected chi connectivity index (χ0v) is 24.2. The van der Waals surface area contributed by atoms with Gasteiger partial charge >= 0.3 is 0 Å². The number of hydrogen-bond donors (Lipinski definition) is 0. The number of fused-ring (bicyclic) bond motifs is 6. The number of rotatable bonds is 4. The van der Waals surface area contributed by atoms with E-state index in [4.69, 9.17) is 19.4 Å². The quantitative estimate of drug-likeness (QED) is 0.209. The molecule has 0 N–H and O–H groups in total. The van der Waals surface area contributed by atoms with Crippen LogP contribution in [-0.4, -0.2) is 15.0 Å². The Bertz CT molecular complexity index is 2540. The summed E-state index contributed by atoms with van der Waals surface area (Å²) in [4.78, 5) is 15.2. The van der Waals surface area contributed by atoms with Crippen LogP contribution in [0.25, 0.3) is 88.8 Å². The van der Waals surface area contributed by atoms with Crippen LogP contribution in [0.3, 0.4) is 0 Å². The second-order valence-corrected chi connectivity index (χ2v) is 11.2. The van der Waals surface area contributed by atoms with E-state index in [1.807, 2.05) is 48.5 Å². The molecular weight excluding hydrogens is 550 g/mol. The van der Waals surface area contributed by atoms with E-state index in [9.17, 15) is 0 Å². The van der Waals surface area contributed by atoms with Gasteiger partial charge in [-0.2, -0.15) is 0 Å². The summed E-state index contributed by atoms with van der Waals surface area (Å²) < 4.78 is 6.59. The van der Waals surface area contributed by atoms with Gasteiger partial charge in [0.25, 0.3) is 0 Å². The maximum atomic E-state index is 6.59. The molecule has 0 saturated carbocycles. The van der Waals surface area contributed by atoms with Gasteiger partial charge in [-0.25, -0.2) is 15.0 Å². The first-order valence-electron chi connectivity index (χ1n) is 15.0. The molecule has 0 spiro atoms. The lowest BCUT2D eigenvalue weighted by Gasteiger charge is -2.11. The Labute approximate surface area is 259 Å². The Hall–Kier alpha value is -6.13. The number of nitrogens with zero attached hydrogens (tertiary/aromatic N) is 3. The minimum Gasteiger partial charge on any atom is -0.456 e. The second-order valence-electron chi connectivity index (χ2n) is 11.2. The standard InChI is InChI=1S/C41H25N3O/c1-3-13-27(14-4-1)34-25-36-37(32-19-10-9-18-31(32)34)38-33(20-11-21-35(38)45-36)41-43-39(28-15-5-2-6-16-28)42-40(44-41)30-23-22-26-12-7-8-17-29(26)24-30/h1-25H. The maximum absolute atomic E-state index is 6.59. The molecule has 0 aliphatic carbocycles. The average molecular weight is 576 g/mol. The molecule has 9 aromatic rings. The van der Waals surface area contributed by atoms with E-state index in [-0.39, 0.29) is 0 Å². The number of aromatic nitrogens is 3. The predicted molar refractivity (Wildman–Crippen MR) is 184 cm³/mol. The van der Waals surface area contributed by atoms with E-state index in [0.29, 0.717) is 17.5 Å². The summed E-state index contributed by atoms with van der Waals surface area (Å²) in [5, 5.41) is 6.68. The van der Waals surface area contributed by atoms with E-state index < -0.39 is 0 Å². The highest BCUT2D eigenvalue weighted by molar-refractivity contribution is 6.25. The van der Waals surface area contributed by atoms with Crippen molar-refractivity contribution >= 4 is 43.5 Å². The van der Waals surface area contributed by atoms with Gasteiger partial charge in [0.2, 0.25) is 0 Å². The molecule has 0 amide bonds. The Morgan fingerprint density at radius 1 is 0.356 bits per heavy atom. The van der Waals surface area contributed by atoms with Crippen LogP contribution in [0.4, 0.5) is 0 Å². The molecule has 7 aromatic carbocycles. The molecule has 0 saturated heterocycles. The summed E-state index contributed by atoms with van der Waals surface area (Å²) in [7, 11) is 0. The van der Waals surface area contributed by atoms with E-state index >= 15 is 0 Å². The third-order valence-electron chi connectivity index (χ3n) is 8.51. The highest BCUT2D eigenvalue weighted by Crippen LogP contribution is 2.43. The summed E-state index contributed by atoms with van der Waals surface area (Å²) >= 11 is 0. The first kappa shape index (κ1) is 25.4. The van der Waals surface area contributed by atoms with Crippen molar-refractivity contribution in [2.24, 2.45) is 0 Å². The van der Waals surface area contributed by atoms with Gasteiger partial charge in [0.1, 0.15) is 11.2 Å². The first-order valence-corrected chi connectivity index (χ1v) is 15.0. The third kappa shape index (κ3) is 4.27. The molecule has 0 aliphatic heterocycles. The van der Waals surface area contributed by atoms with Crippen molar-refractivity contribution in [2.45, 2.75) is 0 Å². The zero-order chi connectivity index (χ0) is 29.7. The molecule has 2 aromatic heterocycles. The van der Waals surface area contributed by atoms with Crippen molar-refractivity contribution in [3.63, 3.8) is 0 Å². The average Bonchev–Trinajstić information content (AvgIpc) is 3.51. The number of hydrogen-bond acceptors (Lipinski definition) is 4. The highest BCUT2D eigenvalue weighted by atomic mass is 16.3. The lowest BCUT2D eigenvalue weighted by atomic mass is 9.94. The highest BCUT2D eigenvalue weighted by Gasteiger charge is 2.20. The number of benzene rings is 7. The molecule has 9 rings (SSSR count). The minimum atomic E-state index is 0.608. The van der Waals surface area contributed by atoms with Gasteiger partial charge in [0, 0.05) is 27.5 Å². The molecule has 0 unspecified atom stereocenters. The lowest BCUT2D eigenvalue weighted by Crippen LogP contribution is -2.00. The van der Waals surface area contributed by atoms with Crippen LogP contribution in [0.2, 0.25) is 0 Å². The predicted octanol–water partition coefficient (Wildman–Crippen LogP) is 10.7. The van der Waals surface area contributed by atoms with Gasteiger partial charge in [0.15, 0.2) is 17.5 Å². The van der Waals surface area contributed by atoms with Crippen molar-refractivity contribution in [1.29, 1.82) is 0 Å². The molecule has 210 valence electrons. The Morgan fingerprint density at radius 2 is 1.00 bits per heavy atom. The van der Waals surface area contributed by atoms with Crippen molar-refractivity contribution in [3.8, 4) is 45.3 Å². The van der Waals surface area contributed by atoms with Gasteiger partial charge in [-0.3, -0.25) is 0 Å². The SMILES string of the molecule is c1ccc(-c2nc(-c3ccc4ccccc4c3)nc(-c3cccc4oc5cc(-c6ccccc6)c6ccccc6c5c34)n2)cc1. The second kappa shape index (κ2) is 10.2. The Kier molecular flexibility index (Phi) is 5.78. The minimum absolute atomic E-state index is 0.608. The molecule has 4 nitrogen and oxygen atoms in total. The maximum Gasteiger partial charge on any atom is 0.164 e. The van der Waals surface area contributed by atoms with Gasteiger partial charge in [0.05, 0.1) is 0 Å². The van der Waals surface area contributed by atoms with Crippen LogP contribution in [0, 0.1) is 0 Å². The van der Waals surface area contributed by atoms with Gasteiger partial charge in [-0.05, 0) is 50.9 Å². The van der Waals surface area contributed by atoms with Gasteiger partial charge < -0.3 is 4.42 Å². The summed E-state index contributed by atoms with van der Waals surface area (Å²) in [5.74, 6) is 1.87. The summed E-state index contributed by atoms with van der Waals surface area (Å²) in [5.41, 5.74) is 6.71. The van der Waals surface area contributed by atoms with Crippen LogP contribution in [0.5, 0.6) is 0 Å². The monoisotopic (exact) mass is 575 g/mol. The molecule has 0 fully saturated rings. The Morgan fingerprint density at radius 3 is 1.80 bits per heavy atom. The third-order valence-corrected chi connectivity index (χ3v) is 8.51. The molecule has 45 heavy (non-hydrogen) atoms. The van der Waals surface area contributed by atoms with Crippen LogP contribution >= 0.6 is 0 Å². The van der Waals surface area contributed by atoms with E-state index in [0.717, 1.165) is 60.5 Å². The molecule has 0 aliphatic rings. The molecule has 2 heterocycles. The number of furan rings is 1. The van der Waals surface area contributed by atoms with E-state index in [1.165, 1.54) is 10.8 Å². The normalized spacial score (nSPS) is 11.6. The van der Waals surface area contributed by atoms with E-state index in [2.05, 4.69) is 103 Å². The van der Waals surface area contributed by atoms with Crippen LogP contribution in [0.1, 0.15) is 0 Å². The van der Waals surface area contributed by atoms with Crippen molar-refractivity contribution < 1.29 is 4.42 Å². The molecule has 0 atom stereocenters. The van der Waals surface area contributed by atoms with Crippen molar-refractivity contribution in [3.05, 3.63) is 152 Å². The zero-order valence-electron chi connectivity index (χ0n) is 24.2. The van der Waals surface area contributed by atoms with Crippen molar-refractivity contribution in [2.75, 3.05) is 0 Å². The molecule has 0 radical (unpaired) electrons. The van der Waals surface area contributed by atoms with E-state index in [1.54, 1.807) is 0 Å². The fourth-order valence-electron chi connectivity index (χ4n) is 6.39. The molecule has 4 heteroatoms. The fourth-order valence-corrected chi connectivity index (χ4v) is 6.39. The van der Waals surface area contributed by atoms with Crippen LogP contribution < -0.4 is 0 Å². The molecular formula is C41H25N3O. The largest absolute Gasteiger partial charge is 0.456 e. The lowest BCUT2D eigenvalue weighted by molar-refractivity contribution is 0.669. The molecule has 0 bridgehead atoms. The topological polar surface area (TPSA) is 51.8 Å². The van der Waals surface area contributed by atoms with Crippen LogP contribution in [0.15, 0.2) is 156 Å². The smallest absolute Gasteiger partial charge is 0.164 e. The summed E-state index contributed by atoms with van der Waals surface area (Å²) in [6, 6.07) is 52.1. The fraction of sp³-hybridized carbons (Fsp3) is 0. The van der Waals surface area contributed by atoms with Crippen LogP contribution in [-0.2, 0) is 0 Å².